The summed E-state index contributed by atoms with van der Waals surface area (Å²) in [5.74, 6) is 0. The van der Waals surface area contributed by atoms with E-state index in [2.05, 4.69) is 66.8 Å². The van der Waals surface area contributed by atoms with Gasteiger partial charge in [-0.05, 0) is 82.9 Å². The molecular formula is C36H28Cl2N8O. The zero-order valence-corrected chi connectivity index (χ0v) is 26.4. The van der Waals surface area contributed by atoms with E-state index in [1.165, 1.54) is 0 Å². The van der Waals surface area contributed by atoms with Crippen molar-refractivity contribution in [3.05, 3.63) is 179 Å². The number of halogens is 2. The van der Waals surface area contributed by atoms with E-state index in [-0.39, 0.29) is 17.6 Å². The van der Waals surface area contributed by atoms with Crippen LogP contribution in [0.4, 0.5) is 0 Å². The van der Waals surface area contributed by atoms with Crippen molar-refractivity contribution in [2.75, 3.05) is 0 Å². The molecule has 8 rings (SSSR count). The summed E-state index contributed by atoms with van der Waals surface area (Å²) in [6.07, 6.45) is 10.5. The molecule has 0 radical (unpaired) electrons. The van der Waals surface area contributed by atoms with Crippen molar-refractivity contribution in [2.45, 2.75) is 12.1 Å². The Balaban J connectivity index is 0.000000161. The number of fused-ring (bicyclic) bond motifs is 2. The second-order valence-corrected chi connectivity index (χ2v) is 11.5. The van der Waals surface area contributed by atoms with Gasteiger partial charge in [-0.25, -0.2) is 0 Å². The summed E-state index contributed by atoms with van der Waals surface area (Å²) in [5, 5.41) is 19.5. The Kier molecular flexibility index (Phi) is 9.59. The lowest BCUT2D eigenvalue weighted by Gasteiger charge is -2.19. The topological polar surface area (TPSA) is 119 Å². The van der Waals surface area contributed by atoms with E-state index >= 15 is 0 Å². The molecule has 0 bridgehead atoms. The maximum absolute atomic E-state index is 6.03. The lowest BCUT2D eigenvalue weighted by atomic mass is 9.97. The highest BCUT2D eigenvalue weighted by Gasteiger charge is 2.18. The molecule has 2 atom stereocenters. The smallest absolute Gasteiger partial charge is 0.120 e. The monoisotopic (exact) mass is 658 g/mol. The van der Waals surface area contributed by atoms with Gasteiger partial charge >= 0.3 is 0 Å². The van der Waals surface area contributed by atoms with Crippen LogP contribution in [-0.4, -0.2) is 45.0 Å². The van der Waals surface area contributed by atoms with Crippen molar-refractivity contribution >= 4 is 45.0 Å². The summed E-state index contributed by atoms with van der Waals surface area (Å²) in [5.41, 5.74) is 6.50. The van der Waals surface area contributed by atoms with Crippen molar-refractivity contribution < 1.29 is 5.48 Å². The average molecular weight is 660 g/mol. The summed E-state index contributed by atoms with van der Waals surface area (Å²) in [7, 11) is 0. The molecule has 4 aromatic carbocycles. The summed E-state index contributed by atoms with van der Waals surface area (Å²) in [6, 6.07) is 36.3. The number of rotatable bonds is 6. The lowest BCUT2D eigenvalue weighted by Crippen LogP contribution is -2.10. The van der Waals surface area contributed by atoms with Crippen LogP contribution in [0.2, 0.25) is 10.0 Å². The van der Waals surface area contributed by atoms with Gasteiger partial charge in [0.15, 0.2) is 0 Å². The van der Waals surface area contributed by atoms with Crippen molar-refractivity contribution in [3.8, 4) is 0 Å². The molecule has 232 valence electrons. The molecule has 0 saturated heterocycles. The van der Waals surface area contributed by atoms with Crippen LogP contribution >= 0.6 is 23.2 Å². The molecular weight excluding hydrogens is 631 g/mol. The maximum Gasteiger partial charge on any atom is 0.120 e. The van der Waals surface area contributed by atoms with Gasteiger partial charge in [0.2, 0.25) is 0 Å². The fraction of sp³-hybridized carbons (Fsp3) is 0.0556. The van der Waals surface area contributed by atoms with Crippen molar-refractivity contribution in [2.24, 2.45) is 0 Å². The average Bonchev–Trinajstić information content (AvgIpc) is 3.83. The zero-order chi connectivity index (χ0) is 31.3. The second-order valence-electron chi connectivity index (χ2n) is 10.6. The van der Waals surface area contributed by atoms with Crippen LogP contribution in [0, 0.1) is 0 Å². The predicted octanol–water partition coefficient (Wildman–Crippen LogP) is 7.41. The number of aromatic nitrogens is 8. The molecule has 0 aliphatic carbocycles. The van der Waals surface area contributed by atoms with Gasteiger partial charge in [-0.1, -0.05) is 71.7 Å². The molecule has 0 fully saturated rings. The summed E-state index contributed by atoms with van der Waals surface area (Å²) in [6.45, 7) is 0. The molecule has 0 aliphatic heterocycles. The van der Waals surface area contributed by atoms with E-state index in [4.69, 9.17) is 23.2 Å². The molecule has 0 saturated carbocycles. The predicted molar refractivity (Wildman–Crippen MR) is 185 cm³/mol. The van der Waals surface area contributed by atoms with Gasteiger partial charge in [-0.2, -0.15) is 0 Å². The number of hydrogen-bond acceptors (Lipinski definition) is 6. The van der Waals surface area contributed by atoms with E-state index in [1.807, 2.05) is 81.9 Å². The number of hydrogen-bond donors (Lipinski definition) is 0. The Morgan fingerprint density at radius 2 is 0.809 bits per heavy atom. The van der Waals surface area contributed by atoms with Gasteiger partial charge in [0, 0.05) is 33.2 Å². The van der Waals surface area contributed by atoms with Crippen LogP contribution in [0.1, 0.15) is 34.3 Å². The van der Waals surface area contributed by atoms with Crippen LogP contribution in [-0.2, 0) is 0 Å². The minimum absolute atomic E-state index is 0. The van der Waals surface area contributed by atoms with Crippen LogP contribution in [0.15, 0.2) is 147 Å². The molecule has 4 aromatic heterocycles. The van der Waals surface area contributed by atoms with Gasteiger partial charge in [0.25, 0.3) is 0 Å². The fourth-order valence-electron chi connectivity index (χ4n) is 5.58. The fourth-order valence-corrected chi connectivity index (χ4v) is 5.83. The number of benzene rings is 4. The highest BCUT2D eigenvalue weighted by molar-refractivity contribution is 6.30. The SMILES string of the molecule is Clc1ccc(C(c2ccc3ncccc3c2)n2cnnc2)cc1.Clc1ccc(C(c2ccc3ncccc3c2)n2cnnc2)cc1.O. The van der Waals surface area contributed by atoms with Gasteiger partial charge in [0.1, 0.15) is 25.3 Å². The van der Waals surface area contributed by atoms with Crippen LogP contribution in [0.25, 0.3) is 21.8 Å². The van der Waals surface area contributed by atoms with Crippen molar-refractivity contribution in [3.63, 3.8) is 0 Å². The van der Waals surface area contributed by atoms with E-state index in [1.54, 1.807) is 37.7 Å². The third kappa shape index (κ3) is 7.02. The van der Waals surface area contributed by atoms with Gasteiger partial charge in [-0.3, -0.25) is 9.97 Å². The zero-order valence-electron chi connectivity index (χ0n) is 24.8. The van der Waals surface area contributed by atoms with E-state index < -0.39 is 0 Å². The first-order chi connectivity index (χ1) is 22.6. The van der Waals surface area contributed by atoms with Gasteiger partial charge < -0.3 is 14.6 Å². The van der Waals surface area contributed by atoms with Gasteiger partial charge in [0.05, 0.1) is 23.1 Å². The lowest BCUT2D eigenvalue weighted by molar-refractivity contribution is 0.675. The largest absolute Gasteiger partial charge is 0.412 e. The molecule has 2 unspecified atom stereocenters. The highest BCUT2D eigenvalue weighted by Crippen LogP contribution is 2.30. The number of nitrogens with zero attached hydrogens (tertiary/aromatic N) is 8. The van der Waals surface area contributed by atoms with E-state index in [9.17, 15) is 0 Å². The van der Waals surface area contributed by atoms with Crippen molar-refractivity contribution in [1.82, 2.24) is 39.5 Å². The highest BCUT2D eigenvalue weighted by atomic mass is 35.5. The molecule has 47 heavy (non-hydrogen) atoms. The van der Waals surface area contributed by atoms with Gasteiger partial charge in [-0.15, -0.1) is 20.4 Å². The van der Waals surface area contributed by atoms with Crippen LogP contribution in [0.3, 0.4) is 0 Å². The summed E-state index contributed by atoms with van der Waals surface area (Å²) >= 11 is 12.1. The van der Waals surface area contributed by atoms with E-state index in [0.29, 0.717) is 0 Å². The first kappa shape index (κ1) is 31.5. The summed E-state index contributed by atoms with van der Waals surface area (Å²) in [4.78, 5) is 8.76. The Morgan fingerprint density at radius 3 is 1.19 bits per heavy atom. The first-order valence-corrected chi connectivity index (χ1v) is 15.3. The van der Waals surface area contributed by atoms with E-state index in [0.717, 1.165) is 54.1 Å². The third-order valence-corrected chi connectivity index (χ3v) is 8.23. The second kappa shape index (κ2) is 14.3. The van der Waals surface area contributed by atoms with Crippen LogP contribution in [0.5, 0.6) is 0 Å². The molecule has 4 heterocycles. The third-order valence-electron chi connectivity index (χ3n) is 7.73. The quantitative estimate of drug-likeness (QED) is 0.183. The van der Waals surface area contributed by atoms with Crippen molar-refractivity contribution in [1.29, 1.82) is 0 Å². The molecule has 11 heteroatoms. The minimum Gasteiger partial charge on any atom is -0.412 e. The Labute approximate surface area is 280 Å². The van der Waals surface area contributed by atoms with Crippen LogP contribution < -0.4 is 0 Å². The Morgan fingerprint density at radius 1 is 0.447 bits per heavy atom. The summed E-state index contributed by atoms with van der Waals surface area (Å²) < 4.78 is 3.97. The molecule has 8 aromatic rings. The number of pyridine rings is 2. The minimum atomic E-state index is -0.00753. The Hall–Kier alpha value is -5.48. The molecule has 0 spiro atoms. The molecule has 0 amide bonds. The molecule has 2 N–H and O–H groups in total. The molecule has 0 aliphatic rings. The maximum atomic E-state index is 6.03. The molecule has 9 nitrogen and oxygen atoms in total. The Bertz CT molecular complexity index is 2030. The normalized spacial score (nSPS) is 12.1. The first-order valence-electron chi connectivity index (χ1n) is 14.5. The standard InChI is InChI=1S/2C18H13ClN4.H2O/c2*19-16-6-3-13(4-7-16)18(23-11-21-22-12-23)15-5-8-17-14(10-15)2-1-9-20-17;/h2*1-12,18H;1H2.